The SMILES string of the molecule is CCCCCCCCCCCCc1ccc(CCC2(N)COP(=O)(O)OC2)cc1. The summed E-state index contributed by atoms with van der Waals surface area (Å²) in [5.74, 6) is 0. The molecule has 166 valence electrons. The highest BCUT2D eigenvalue weighted by atomic mass is 31.2. The lowest BCUT2D eigenvalue weighted by Gasteiger charge is -2.34. The maximum Gasteiger partial charge on any atom is 0.472 e. The molecule has 0 unspecified atom stereocenters. The summed E-state index contributed by atoms with van der Waals surface area (Å²) in [6.07, 6.45) is 16.3. The molecule has 1 saturated heterocycles. The molecule has 0 atom stereocenters. The summed E-state index contributed by atoms with van der Waals surface area (Å²) in [5, 5.41) is 0. The fourth-order valence-electron chi connectivity index (χ4n) is 3.73. The van der Waals surface area contributed by atoms with Crippen molar-refractivity contribution in [2.75, 3.05) is 13.2 Å². The number of aryl methyl sites for hydroxylation is 2. The van der Waals surface area contributed by atoms with Gasteiger partial charge in [-0.15, -0.1) is 0 Å². The fraction of sp³-hybridized carbons (Fsp3) is 0.739. The van der Waals surface area contributed by atoms with Gasteiger partial charge in [-0.3, -0.25) is 9.05 Å². The number of nitrogens with two attached hydrogens (primary N) is 1. The van der Waals surface area contributed by atoms with Crippen molar-refractivity contribution in [3.05, 3.63) is 35.4 Å². The van der Waals surface area contributed by atoms with E-state index < -0.39 is 13.4 Å². The third kappa shape index (κ3) is 10.2. The van der Waals surface area contributed by atoms with Crippen LogP contribution in [0, 0.1) is 0 Å². The van der Waals surface area contributed by atoms with E-state index in [1.54, 1.807) is 0 Å². The van der Waals surface area contributed by atoms with Crippen LogP contribution < -0.4 is 5.73 Å². The molecule has 1 aliphatic heterocycles. The van der Waals surface area contributed by atoms with Crippen LogP contribution >= 0.6 is 7.82 Å². The van der Waals surface area contributed by atoms with Crippen LogP contribution in [0.1, 0.15) is 88.7 Å². The molecule has 3 N–H and O–H groups in total. The van der Waals surface area contributed by atoms with Gasteiger partial charge >= 0.3 is 7.82 Å². The van der Waals surface area contributed by atoms with E-state index in [1.165, 1.54) is 75.3 Å². The van der Waals surface area contributed by atoms with E-state index in [-0.39, 0.29) is 13.2 Å². The summed E-state index contributed by atoms with van der Waals surface area (Å²) in [6.45, 7) is 2.37. The maximum atomic E-state index is 11.3. The van der Waals surface area contributed by atoms with Crippen LogP contribution in [0.2, 0.25) is 0 Å². The molecule has 0 spiro atoms. The largest absolute Gasteiger partial charge is 0.472 e. The van der Waals surface area contributed by atoms with Crippen LogP contribution in [-0.4, -0.2) is 23.6 Å². The summed E-state index contributed by atoms with van der Waals surface area (Å²) in [6, 6.07) is 8.75. The predicted octanol–water partition coefficient (Wildman–Crippen LogP) is 5.93. The van der Waals surface area contributed by atoms with Crippen molar-refractivity contribution >= 4 is 7.82 Å². The zero-order chi connectivity index (χ0) is 21.0. The number of hydrogen-bond donors (Lipinski definition) is 2. The average molecular weight is 426 g/mol. The zero-order valence-electron chi connectivity index (χ0n) is 18.1. The smallest absolute Gasteiger partial charge is 0.321 e. The Hall–Kier alpha value is -0.710. The Labute approximate surface area is 177 Å². The standard InChI is InChI=1S/C23H40NO4P/c1-2-3-4-5-6-7-8-9-10-11-12-21-13-15-22(16-14-21)17-18-23(24)19-27-29(25,26)28-20-23/h13-16H,2-12,17-20,24H2,1H3,(H,25,26). The van der Waals surface area contributed by atoms with Crippen molar-refractivity contribution in [1.29, 1.82) is 0 Å². The van der Waals surface area contributed by atoms with Crippen LogP contribution in [0.5, 0.6) is 0 Å². The first kappa shape index (κ1) is 24.6. The van der Waals surface area contributed by atoms with Crippen molar-refractivity contribution in [2.45, 2.75) is 95.9 Å². The summed E-state index contributed by atoms with van der Waals surface area (Å²) >= 11 is 0. The average Bonchev–Trinajstić information content (AvgIpc) is 2.71. The highest BCUT2D eigenvalue weighted by Crippen LogP contribution is 2.47. The minimum atomic E-state index is -3.88. The molecule has 0 aromatic heterocycles. The molecule has 1 aromatic rings. The Kier molecular flexibility index (Phi) is 10.9. The van der Waals surface area contributed by atoms with Gasteiger partial charge in [0.15, 0.2) is 0 Å². The monoisotopic (exact) mass is 425 g/mol. The van der Waals surface area contributed by atoms with Crippen molar-refractivity contribution in [2.24, 2.45) is 5.73 Å². The molecule has 6 heteroatoms. The molecule has 29 heavy (non-hydrogen) atoms. The van der Waals surface area contributed by atoms with Gasteiger partial charge in [-0.05, 0) is 36.8 Å². The third-order valence-electron chi connectivity index (χ3n) is 5.78. The summed E-state index contributed by atoms with van der Waals surface area (Å²) < 4.78 is 21.0. The second-order valence-electron chi connectivity index (χ2n) is 8.63. The fourth-order valence-corrected chi connectivity index (χ4v) is 4.64. The third-order valence-corrected chi connectivity index (χ3v) is 6.69. The van der Waals surface area contributed by atoms with Gasteiger partial charge in [-0.1, -0.05) is 89.0 Å². The lowest BCUT2D eigenvalue weighted by Crippen LogP contribution is -2.51. The Morgan fingerprint density at radius 3 is 1.83 bits per heavy atom. The van der Waals surface area contributed by atoms with Gasteiger partial charge in [-0.2, -0.15) is 0 Å². The maximum absolute atomic E-state index is 11.3. The number of unbranched alkanes of at least 4 members (excludes halogenated alkanes) is 9. The van der Waals surface area contributed by atoms with Gasteiger partial charge in [0, 0.05) is 0 Å². The number of phosphoric acid groups is 1. The van der Waals surface area contributed by atoms with Gasteiger partial charge in [-0.25, -0.2) is 4.57 Å². The van der Waals surface area contributed by atoms with E-state index >= 15 is 0 Å². The molecular weight excluding hydrogens is 385 g/mol. The number of benzene rings is 1. The molecule has 1 fully saturated rings. The highest BCUT2D eigenvalue weighted by Gasteiger charge is 2.38. The number of rotatable bonds is 14. The second kappa shape index (κ2) is 12.9. The highest BCUT2D eigenvalue weighted by molar-refractivity contribution is 7.47. The first-order valence-electron chi connectivity index (χ1n) is 11.4. The first-order valence-corrected chi connectivity index (χ1v) is 12.9. The van der Waals surface area contributed by atoms with E-state index in [0.29, 0.717) is 6.42 Å². The first-order chi connectivity index (χ1) is 13.9. The Morgan fingerprint density at radius 1 is 0.862 bits per heavy atom. The Morgan fingerprint density at radius 2 is 1.31 bits per heavy atom. The topological polar surface area (TPSA) is 81.8 Å². The molecule has 0 aliphatic carbocycles. The summed E-state index contributed by atoms with van der Waals surface area (Å²) in [4.78, 5) is 9.25. The van der Waals surface area contributed by atoms with Crippen molar-refractivity contribution in [3.8, 4) is 0 Å². The molecule has 0 amide bonds. The van der Waals surface area contributed by atoms with Gasteiger partial charge in [0.25, 0.3) is 0 Å². The summed E-state index contributed by atoms with van der Waals surface area (Å²) in [7, 11) is -3.88. The molecule has 5 nitrogen and oxygen atoms in total. The van der Waals surface area contributed by atoms with Crippen molar-refractivity contribution in [3.63, 3.8) is 0 Å². The molecule has 0 bridgehead atoms. The Bertz CT molecular complexity index is 608. The van der Waals surface area contributed by atoms with Crippen LogP contribution in [-0.2, 0) is 26.5 Å². The molecule has 0 saturated carbocycles. The van der Waals surface area contributed by atoms with Crippen LogP contribution in [0.3, 0.4) is 0 Å². The number of hydrogen-bond acceptors (Lipinski definition) is 4. The molecule has 1 aliphatic rings. The van der Waals surface area contributed by atoms with E-state index in [9.17, 15) is 9.46 Å². The van der Waals surface area contributed by atoms with Gasteiger partial charge in [0.1, 0.15) is 0 Å². The van der Waals surface area contributed by atoms with Gasteiger partial charge in [0.2, 0.25) is 0 Å². The molecule has 1 aromatic carbocycles. The normalized spacial score (nSPS) is 24.7. The molecule has 1 heterocycles. The molecule has 0 radical (unpaired) electrons. The lowest BCUT2D eigenvalue weighted by molar-refractivity contribution is 0.0372. The van der Waals surface area contributed by atoms with Crippen molar-refractivity contribution in [1.82, 2.24) is 0 Å². The minimum absolute atomic E-state index is 0.0532. The van der Waals surface area contributed by atoms with Crippen LogP contribution in [0.15, 0.2) is 24.3 Å². The van der Waals surface area contributed by atoms with E-state index in [1.807, 2.05) is 0 Å². The van der Waals surface area contributed by atoms with Crippen LogP contribution in [0.25, 0.3) is 0 Å². The van der Waals surface area contributed by atoms with E-state index in [4.69, 9.17) is 14.8 Å². The van der Waals surface area contributed by atoms with Gasteiger partial charge in [0.05, 0.1) is 18.8 Å². The molecular formula is C23H40NO4P. The van der Waals surface area contributed by atoms with Crippen LogP contribution in [0.4, 0.5) is 0 Å². The zero-order valence-corrected chi connectivity index (χ0v) is 19.0. The van der Waals surface area contributed by atoms with Gasteiger partial charge < -0.3 is 10.6 Å². The Balaban J connectivity index is 1.55. The minimum Gasteiger partial charge on any atom is -0.321 e. The van der Waals surface area contributed by atoms with E-state index in [2.05, 4.69) is 31.2 Å². The predicted molar refractivity (Wildman–Crippen MR) is 119 cm³/mol. The second-order valence-corrected chi connectivity index (χ2v) is 10.1. The quantitative estimate of drug-likeness (QED) is 0.285. The van der Waals surface area contributed by atoms with E-state index in [0.717, 1.165) is 12.8 Å². The number of phosphoric ester groups is 1. The van der Waals surface area contributed by atoms with Crippen molar-refractivity contribution < 1.29 is 18.5 Å². The summed E-state index contributed by atoms with van der Waals surface area (Å²) in [5.41, 5.74) is 8.13. The molecule has 2 rings (SSSR count). The lowest BCUT2D eigenvalue weighted by atomic mass is 9.93.